The van der Waals surface area contributed by atoms with E-state index in [0.717, 1.165) is 43.0 Å². The molecule has 0 bridgehead atoms. The Morgan fingerprint density at radius 2 is 1.79 bits per heavy atom. The highest BCUT2D eigenvalue weighted by molar-refractivity contribution is 5.95. The molecule has 176 valence electrons. The smallest absolute Gasteiger partial charge is 0.254 e. The molecule has 1 fully saturated rings. The van der Waals surface area contributed by atoms with Gasteiger partial charge in [-0.05, 0) is 37.7 Å². The molecule has 3 heterocycles. The van der Waals surface area contributed by atoms with Gasteiger partial charge >= 0.3 is 0 Å². The molecule has 5 rings (SSSR count). The van der Waals surface area contributed by atoms with Crippen LogP contribution in [-0.2, 0) is 13.0 Å². The molecule has 2 aromatic carbocycles. The van der Waals surface area contributed by atoms with E-state index in [1.807, 2.05) is 36.1 Å². The van der Waals surface area contributed by atoms with Gasteiger partial charge < -0.3 is 19.4 Å². The summed E-state index contributed by atoms with van der Waals surface area (Å²) in [5.74, 6) is 0.969. The van der Waals surface area contributed by atoms with Crippen molar-refractivity contribution in [1.82, 2.24) is 19.8 Å². The van der Waals surface area contributed by atoms with E-state index in [-0.39, 0.29) is 11.7 Å². The van der Waals surface area contributed by atoms with Gasteiger partial charge in [-0.3, -0.25) is 4.79 Å². The minimum absolute atomic E-state index is 0.0244. The van der Waals surface area contributed by atoms with Gasteiger partial charge in [-0.15, -0.1) is 0 Å². The van der Waals surface area contributed by atoms with E-state index in [0.29, 0.717) is 42.7 Å². The number of hydrogen-bond donors (Lipinski definition) is 0. The maximum absolute atomic E-state index is 13.8. The second-order valence-electron chi connectivity index (χ2n) is 8.90. The largest absolute Gasteiger partial charge is 0.438 e. The highest BCUT2D eigenvalue weighted by Gasteiger charge is 2.29. The minimum Gasteiger partial charge on any atom is -0.438 e. The Bertz CT molecular complexity index is 1210. The predicted octanol–water partition coefficient (Wildman–Crippen LogP) is 3.67. The van der Waals surface area contributed by atoms with Gasteiger partial charge in [-0.1, -0.05) is 24.3 Å². The van der Waals surface area contributed by atoms with Crippen molar-refractivity contribution >= 4 is 11.9 Å². The summed E-state index contributed by atoms with van der Waals surface area (Å²) in [6, 6.07) is 13.6. The van der Waals surface area contributed by atoms with Crippen LogP contribution in [0.25, 0.3) is 0 Å². The standard InChI is InChI=1S/C26H28FN5O2/c1-18-6-3-4-9-21(18)25(33)32-11-10-23-22(17-32)24(34-20-8-5-7-19(27)16-20)29-26(28-23)31-14-12-30(2)13-15-31/h3-9,16H,10-15,17H2,1-2H3. The number of aromatic nitrogens is 2. The van der Waals surface area contributed by atoms with Gasteiger partial charge in [0.1, 0.15) is 11.6 Å². The number of nitrogens with zero attached hydrogens (tertiary/aromatic N) is 5. The summed E-state index contributed by atoms with van der Waals surface area (Å²) in [4.78, 5) is 29.1. The molecule has 0 spiro atoms. The van der Waals surface area contributed by atoms with Crippen LogP contribution in [0.1, 0.15) is 27.2 Å². The normalized spacial score (nSPS) is 16.3. The molecule has 1 amide bonds. The molecule has 0 unspecified atom stereocenters. The molecule has 0 N–H and O–H groups in total. The number of fused-ring (bicyclic) bond motifs is 1. The summed E-state index contributed by atoms with van der Waals surface area (Å²) in [6.07, 6.45) is 0.607. The van der Waals surface area contributed by atoms with Crippen molar-refractivity contribution < 1.29 is 13.9 Å². The number of anilines is 1. The third-order valence-corrected chi connectivity index (χ3v) is 6.47. The molecule has 34 heavy (non-hydrogen) atoms. The number of likely N-dealkylation sites (N-methyl/N-ethyl adjacent to an activating group) is 1. The first-order valence-electron chi connectivity index (χ1n) is 11.6. The fraction of sp³-hybridized carbons (Fsp3) is 0.346. The summed E-state index contributed by atoms with van der Waals surface area (Å²) in [7, 11) is 2.10. The van der Waals surface area contributed by atoms with Gasteiger partial charge in [0.15, 0.2) is 0 Å². The number of hydrogen-bond acceptors (Lipinski definition) is 6. The Balaban J connectivity index is 1.49. The lowest BCUT2D eigenvalue weighted by atomic mass is 10.0. The molecule has 0 saturated carbocycles. The average molecular weight is 462 g/mol. The number of aryl methyl sites for hydroxylation is 1. The van der Waals surface area contributed by atoms with Crippen LogP contribution in [0.4, 0.5) is 10.3 Å². The first-order chi connectivity index (χ1) is 16.5. The Morgan fingerprint density at radius 3 is 2.56 bits per heavy atom. The van der Waals surface area contributed by atoms with Crippen molar-refractivity contribution in [2.24, 2.45) is 0 Å². The third-order valence-electron chi connectivity index (χ3n) is 6.47. The summed E-state index contributed by atoms with van der Waals surface area (Å²) in [5, 5.41) is 0. The number of piperazine rings is 1. The van der Waals surface area contributed by atoms with E-state index in [1.54, 1.807) is 12.1 Å². The summed E-state index contributed by atoms with van der Waals surface area (Å²) in [6.45, 7) is 6.36. The van der Waals surface area contributed by atoms with Crippen LogP contribution in [0.5, 0.6) is 11.6 Å². The number of carbonyl (C=O) groups is 1. The van der Waals surface area contributed by atoms with Crippen LogP contribution >= 0.6 is 0 Å². The maximum Gasteiger partial charge on any atom is 0.254 e. The molecule has 1 aromatic heterocycles. The molecule has 7 nitrogen and oxygen atoms in total. The van der Waals surface area contributed by atoms with E-state index in [4.69, 9.17) is 14.7 Å². The fourth-order valence-electron chi connectivity index (χ4n) is 4.40. The van der Waals surface area contributed by atoms with Crippen molar-refractivity contribution in [3.8, 4) is 11.6 Å². The number of halogens is 1. The molecule has 3 aromatic rings. The summed E-state index contributed by atoms with van der Waals surface area (Å²) >= 11 is 0. The Morgan fingerprint density at radius 1 is 1.00 bits per heavy atom. The van der Waals surface area contributed by atoms with Crippen LogP contribution < -0.4 is 9.64 Å². The first-order valence-corrected chi connectivity index (χ1v) is 11.6. The van der Waals surface area contributed by atoms with Crippen molar-refractivity contribution in [1.29, 1.82) is 0 Å². The fourth-order valence-corrected chi connectivity index (χ4v) is 4.40. The van der Waals surface area contributed by atoms with Gasteiger partial charge in [0.2, 0.25) is 11.8 Å². The topological polar surface area (TPSA) is 61.8 Å². The number of ether oxygens (including phenoxy) is 1. The van der Waals surface area contributed by atoms with Gasteiger partial charge in [0.25, 0.3) is 5.91 Å². The second-order valence-corrected chi connectivity index (χ2v) is 8.90. The highest BCUT2D eigenvalue weighted by atomic mass is 19.1. The number of carbonyl (C=O) groups excluding carboxylic acids is 1. The van der Waals surface area contributed by atoms with Crippen LogP contribution in [0.2, 0.25) is 0 Å². The molecular weight excluding hydrogens is 433 g/mol. The Kier molecular flexibility index (Phi) is 6.15. The molecule has 0 aliphatic carbocycles. The molecule has 0 atom stereocenters. The van der Waals surface area contributed by atoms with E-state index in [2.05, 4.69) is 16.8 Å². The maximum atomic E-state index is 13.8. The molecule has 0 radical (unpaired) electrons. The van der Waals surface area contributed by atoms with Crippen molar-refractivity contribution in [3.63, 3.8) is 0 Å². The van der Waals surface area contributed by atoms with Gasteiger partial charge in [0, 0.05) is 50.8 Å². The SMILES string of the molecule is Cc1ccccc1C(=O)N1CCc2nc(N3CCN(C)CC3)nc(Oc3cccc(F)c3)c2C1. The van der Waals surface area contributed by atoms with Crippen LogP contribution in [0.3, 0.4) is 0 Å². The van der Waals surface area contributed by atoms with Crippen LogP contribution in [-0.4, -0.2) is 65.4 Å². The van der Waals surface area contributed by atoms with Crippen molar-refractivity contribution in [2.45, 2.75) is 19.9 Å². The van der Waals surface area contributed by atoms with Crippen LogP contribution in [0.15, 0.2) is 48.5 Å². The predicted molar refractivity (Wildman–Crippen MR) is 128 cm³/mol. The minimum atomic E-state index is -0.379. The lowest BCUT2D eigenvalue weighted by Gasteiger charge is -2.34. The van der Waals surface area contributed by atoms with Gasteiger partial charge in [-0.25, -0.2) is 9.37 Å². The number of benzene rings is 2. The van der Waals surface area contributed by atoms with E-state index in [1.165, 1.54) is 12.1 Å². The number of rotatable bonds is 4. The van der Waals surface area contributed by atoms with E-state index >= 15 is 0 Å². The van der Waals surface area contributed by atoms with Gasteiger partial charge in [-0.2, -0.15) is 4.98 Å². The monoisotopic (exact) mass is 461 g/mol. The van der Waals surface area contributed by atoms with E-state index in [9.17, 15) is 9.18 Å². The molecule has 2 aliphatic heterocycles. The van der Waals surface area contributed by atoms with E-state index < -0.39 is 0 Å². The summed E-state index contributed by atoms with van der Waals surface area (Å²) in [5.41, 5.74) is 3.28. The molecule has 2 aliphatic rings. The number of amides is 1. The Hall–Kier alpha value is -3.52. The first kappa shape index (κ1) is 22.3. The molecule has 1 saturated heterocycles. The average Bonchev–Trinajstić information content (AvgIpc) is 2.84. The second kappa shape index (κ2) is 9.38. The highest BCUT2D eigenvalue weighted by Crippen LogP contribution is 2.32. The lowest BCUT2D eigenvalue weighted by molar-refractivity contribution is 0.0731. The molecular formula is C26H28FN5O2. The molecule has 8 heteroatoms. The van der Waals surface area contributed by atoms with Gasteiger partial charge in [0.05, 0.1) is 17.8 Å². The van der Waals surface area contributed by atoms with Crippen LogP contribution in [0, 0.1) is 12.7 Å². The zero-order valence-corrected chi connectivity index (χ0v) is 19.5. The lowest BCUT2D eigenvalue weighted by Crippen LogP contribution is -2.45. The zero-order chi connectivity index (χ0) is 23.7. The quantitative estimate of drug-likeness (QED) is 0.591. The van der Waals surface area contributed by atoms with Crippen molar-refractivity contribution in [3.05, 3.63) is 76.7 Å². The van der Waals surface area contributed by atoms with Crippen molar-refractivity contribution in [2.75, 3.05) is 44.7 Å². The Labute approximate surface area is 198 Å². The zero-order valence-electron chi connectivity index (χ0n) is 19.5. The third kappa shape index (κ3) is 4.59. The summed E-state index contributed by atoms with van der Waals surface area (Å²) < 4.78 is 19.9.